The van der Waals surface area contributed by atoms with Gasteiger partial charge in [-0.2, -0.15) is 10.1 Å². The number of anilines is 1. The summed E-state index contributed by atoms with van der Waals surface area (Å²) >= 11 is 0. The molecule has 16 heavy (non-hydrogen) atoms. The van der Waals surface area contributed by atoms with E-state index in [1.54, 1.807) is 6.92 Å². The minimum atomic E-state index is -3.74. The van der Waals surface area contributed by atoms with E-state index in [9.17, 15) is 8.42 Å². The molecule has 2 aromatic heterocycles. The number of rotatable bonds is 3. The number of aromatic nitrogens is 4. The van der Waals surface area contributed by atoms with Gasteiger partial charge in [-0.05, 0) is 13.8 Å². The van der Waals surface area contributed by atoms with E-state index in [0.29, 0.717) is 5.69 Å². The smallest absolute Gasteiger partial charge is 0.269 e. The second-order valence-corrected chi connectivity index (χ2v) is 4.71. The lowest BCUT2D eigenvalue weighted by Crippen LogP contribution is -2.15. The summed E-state index contributed by atoms with van der Waals surface area (Å²) in [5, 5.41) is 9.49. The van der Waals surface area contributed by atoms with Crippen LogP contribution in [0.5, 0.6) is 0 Å². The summed E-state index contributed by atoms with van der Waals surface area (Å²) in [4.78, 5) is 3.68. The fourth-order valence-electron chi connectivity index (χ4n) is 1.29. The Morgan fingerprint density at radius 3 is 2.69 bits per heavy atom. The van der Waals surface area contributed by atoms with Gasteiger partial charge in [-0.1, -0.05) is 5.16 Å². The Bertz CT molecular complexity index is 566. The first-order valence-electron chi connectivity index (χ1n) is 4.32. The summed E-state index contributed by atoms with van der Waals surface area (Å²) in [6.45, 7) is 3.07. The summed E-state index contributed by atoms with van der Waals surface area (Å²) in [6.07, 6.45) is 1.20. The van der Waals surface area contributed by atoms with Crippen LogP contribution in [-0.4, -0.2) is 28.8 Å². The summed E-state index contributed by atoms with van der Waals surface area (Å²) in [6, 6.07) is 0. The molecule has 8 nitrogen and oxygen atoms in total. The van der Waals surface area contributed by atoms with E-state index >= 15 is 0 Å². The molecule has 0 amide bonds. The van der Waals surface area contributed by atoms with Crippen molar-refractivity contribution >= 4 is 16.0 Å². The van der Waals surface area contributed by atoms with Crippen molar-refractivity contribution in [1.82, 2.24) is 20.3 Å². The third-order valence-electron chi connectivity index (χ3n) is 1.88. The van der Waals surface area contributed by atoms with Crippen LogP contribution >= 0.6 is 0 Å². The zero-order valence-electron chi connectivity index (χ0n) is 8.55. The zero-order valence-corrected chi connectivity index (χ0v) is 9.37. The highest BCUT2D eigenvalue weighted by Gasteiger charge is 2.24. The fraction of sp³-hybridized carbons (Fsp3) is 0.286. The van der Waals surface area contributed by atoms with Crippen molar-refractivity contribution in [2.75, 3.05) is 4.72 Å². The van der Waals surface area contributed by atoms with Crippen LogP contribution < -0.4 is 4.72 Å². The number of aryl methyl sites for hydroxylation is 2. The van der Waals surface area contributed by atoms with Crippen LogP contribution in [0.1, 0.15) is 11.5 Å². The number of hydrogen-bond acceptors (Lipinski definition) is 6. The molecule has 0 unspecified atom stereocenters. The van der Waals surface area contributed by atoms with Gasteiger partial charge in [0.2, 0.25) is 5.95 Å². The molecule has 0 aliphatic rings. The highest BCUT2D eigenvalue weighted by molar-refractivity contribution is 7.92. The number of nitrogens with zero attached hydrogens (tertiary/aromatic N) is 3. The van der Waals surface area contributed by atoms with Gasteiger partial charge in [0, 0.05) is 0 Å². The minimum absolute atomic E-state index is 0.0175. The summed E-state index contributed by atoms with van der Waals surface area (Å²) in [5.41, 5.74) is 0.296. The summed E-state index contributed by atoms with van der Waals surface area (Å²) < 4.78 is 30.8. The van der Waals surface area contributed by atoms with Gasteiger partial charge >= 0.3 is 0 Å². The first kappa shape index (κ1) is 10.6. The van der Waals surface area contributed by atoms with Crippen molar-refractivity contribution < 1.29 is 12.9 Å². The van der Waals surface area contributed by atoms with Crippen LogP contribution in [0.25, 0.3) is 0 Å². The Balaban J connectivity index is 2.40. The van der Waals surface area contributed by atoms with Gasteiger partial charge in [-0.15, -0.1) is 0 Å². The van der Waals surface area contributed by atoms with Crippen LogP contribution in [0.15, 0.2) is 15.7 Å². The molecule has 0 bridgehead atoms. The Morgan fingerprint density at radius 2 is 2.19 bits per heavy atom. The average Bonchev–Trinajstić information content (AvgIpc) is 2.76. The highest BCUT2D eigenvalue weighted by Crippen LogP contribution is 2.20. The monoisotopic (exact) mass is 243 g/mol. The van der Waals surface area contributed by atoms with Gasteiger partial charge in [-0.25, -0.2) is 18.2 Å². The van der Waals surface area contributed by atoms with E-state index in [0.717, 1.165) is 0 Å². The van der Waals surface area contributed by atoms with E-state index in [1.165, 1.54) is 13.3 Å². The van der Waals surface area contributed by atoms with Crippen molar-refractivity contribution in [3.63, 3.8) is 0 Å². The molecule has 86 valence electrons. The average molecular weight is 243 g/mol. The van der Waals surface area contributed by atoms with Crippen molar-refractivity contribution in [2.45, 2.75) is 18.7 Å². The van der Waals surface area contributed by atoms with E-state index in [2.05, 4.69) is 25.1 Å². The number of nitrogens with one attached hydrogen (secondary N) is 2. The first-order chi connectivity index (χ1) is 7.50. The Labute approximate surface area is 91.1 Å². The lowest BCUT2D eigenvalue weighted by molar-refractivity contribution is 0.390. The highest BCUT2D eigenvalue weighted by atomic mass is 32.2. The Hall–Kier alpha value is -1.90. The van der Waals surface area contributed by atoms with E-state index < -0.39 is 10.0 Å². The lowest BCUT2D eigenvalue weighted by Gasteiger charge is -2.03. The predicted octanol–water partition coefficient (Wildman–Crippen LogP) is 0.210. The number of H-pyrrole nitrogens is 1. The number of hydrogen-bond donors (Lipinski definition) is 2. The maximum absolute atomic E-state index is 11.9. The molecule has 9 heteroatoms. The summed E-state index contributed by atoms with van der Waals surface area (Å²) in [5.74, 6) is 0.268. The maximum Gasteiger partial charge on any atom is 0.269 e. The minimum Gasteiger partial charge on any atom is -0.360 e. The van der Waals surface area contributed by atoms with Crippen molar-refractivity contribution in [3.05, 3.63) is 17.8 Å². The van der Waals surface area contributed by atoms with Gasteiger partial charge in [0.15, 0.2) is 10.7 Å². The van der Waals surface area contributed by atoms with Gasteiger partial charge in [-0.3, -0.25) is 0 Å². The molecule has 0 saturated heterocycles. The fourth-order valence-corrected chi connectivity index (χ4v) is 2.59. The third kappa shape index (κ3) is 1.76. The van der Waals surface area contributed by atoms with E-state index in [-0.39, 0.29) is 16.6 Å². The number of aromatic amines is 1. The molecule has 0 aliphatic carbocycles. The molecule has 2 N–H and O–H groups in total. The van der Waals surface area contributed by atoms with Crippen molar-refractivity contribution in [2.24, 2.45) is 0 Å². The van der Waals surface area contributed by atoms with E-state index in [4.69, 9.17) is 4.52 Å². The molecule has 0 aliphatic heterocycles. The standard InChI is InChI=1S/C7H9N5O3S/c1-4-6(5(2)15-11-4)16(13,14)12-7-8-3-9-10-7/h3H,1-2H3,(H2,8,9,10,12). The predicted molar refractivity (Wildman–Crippen MR) is 53.2 cm³/mol. The van der Waals surface area contributed by atoms with Gasteiger partial charge in [0.25, 0.3) is 10.0 Å². The molecule has 0 atom stereocenters. The van der Waals surface area contributed by atoms with Crippen LogP contribution in [-0.2, 0) is 10.0 Å². The molecule has 0 radical (unpaired) electrons. The normalized spacial score (nSPS) is 11.6. The van der Waals surface area contributed by atoms with Crippen LogP contribution in [0.3, 0.4) is 0 Å². The first-order valence-corrected chi connectivity index (χ1v) is 5.80. The van der Waals surface area contributed by atoms with Crippen LogP contribution in [0.2, 0.25) is 0 Å². The van der Waals surface area contributed by atoms with Crippen molar-refractivity contribution in [1.29, 1.82) is 0 Å². The van der Waals surface area contributed by atoms with Crippen LogP contribution in [0, 0.1) is 13.8 Å². The lowest BCUT2D eigenvalue weighted by atomic mass is 10.4. The zero-order chi connectivity index (χ0) is 11.8. The largest absolute Gasteiger partial charge is 0.360 e. The summed E-state index contributed by atoms with van der Waals surface area (Å²) in [7, 11) is -3.74. The maximum atomic E-state index is 11.9. The molecule has 0 fully saturated rings. The number of sulfonamides is 1. The molecule has 0 spiro atoms. The Morgan fingerprint density at radius 1 is 1.44 bits per heavy atom. The molecule has 2 rings (SSSR count). The van der Waals surface area contributed by atoms with E-state index in [1.807, 2.05) is 0 Å². The third-order valence-corrected chi connectivity index (χ3v) is 3.47. The van der Waals surface area contributed by atoms with Gasteiger partial charge in [0.05, 0.1) is 0 Å². The molecule has 0 aromatic carbocycles. The SMILES string of the molecule is Cc1noc(C)c1S(=O)(=O)Nc1ncn[nH]1. The second kappa shape index (κ2) is 3.59. The molecular formula is C7H9N5O3S. The molecule has 2 aromatic rings. The molecular weight excluding hydrogens is 234 g/mol. The Kier molecular flexibility index (Phi) is 2.38. The van der Waals surface area contributed by atoms with Gasteiger partial charge < -0.3 is 4.52 Å². The molecule has 0 saturated carbocycles. The van der Waals surface area contributed by atoms with Crippen LogP contribution in [0.4, 0.5) is 5.95 Å². The quantitative estimate of drug-likeness (QED) is 0.796. The molecule has 2 heterocycles. The second-order valence-electron chi connectivity index (χ2n) is 3.09. The topological polar surface area (TPSA) is 114 Å². The van der Waals surface area contributed by atoms with Gasteiger partial charge in [0.1, 0.15) is 12.0 Å². The van der Waals surface area contributed by atoms with Crippen molar-refractivity contribution in [3.8, 4) is 0 Å².